The number of aromatic nitrogens is 2. The van der Waals surface area contributed by atoms with Crippen molar-refractivity contribution in [3.8, 4) is 11.4 Å². The van der Waals surface area contributed by atoms with E-state index in [2.05, 4.69) is 63.4 Å². The van der Waals surface area contributed by atoms with Gasteiger partial charge in [0.25, 0.3) is 0 Å². The quantitative estimate of drug-likeness (QED) is 0.502. The van der Waals surface area contributed by atoms with E-state index in [0.29, 0.717) is 18.3 Å². The minimum Gasteiger partial charge on any atom is -0.371 e. The maximum Gasteiger partial charge on any atom is 0.241 e. The van der Waals surface area contributed by atoms with Crippen molar-refractivity contribution < 1.29 is 9.32 Å². The first kappa shape index (κ1) is 24.5. The van der Waals surface area contributed by atoms with Crippen molar-refractivity contribution in [1.82, 2.24) is 20.4 Å². The Labute approximate surface area is 213 Å². The van der Waals surface area contributed by atoms with Gasteiger partial charge in [0.2, 0.25) is 17.6 Å². The van der Waals surface area contributed by atoms with E-state index in [1.54, 1.807) is 0 Å². The number of nitrogens with zero attached hydrogens (tertiary/aromatic N) is 4. The number of anilines is 1. The lowest BCUT2D eigenvalue weighted by molar-refractivity contribution is -0.127. The Bertz CT molecular complexity index is 1120. The van der Waals surface area contributed by atoms with Crippen molar-refractivity contribution in [2.75, 3.05) is 31.1 Å². The van der Waals surface area contributed by atoms with Crippen LogP contribution in [0.5, 0.6) is 0 Å². The van der Waals surface area contributed by atoms with E-state index in [0.717, 1.165) is 56.1 Å². The average molecular weight is 488 g/mol. The third-order valence-electron chi connectivity index (χ3n) is 7.59. The number of carbonyl (C=O) groups excluding carboxylic acids is 1. The highest BCUT2D eigenvalue weighted by Gasteiger charge is 2.27. The molecule has 190 valence electrons. The molecule has 2 aliphatic heterocycles. The molecule has 1 aromatic heterocycles. The number of piperidine rings is 2. The highest BCUT2D eigenvalue weighted by atomic mass is 16.5. The molecule has 3 aromatic rings. The van der Waals surface area contributed by atoms with Gasteiger partial charge in [-0.05, 0) is 69.3 Å². The second-order valence-corrected chi connectivity index (χ2v) is 10.4. The SMILES string of the molecule is CC1CCCN(c2ccc(C(C)NC(=O)C3CCN(Cc4nc(-c5ccccc5)no4)CC3)cc2)C1. The number of carbonyl (C=O) groups is 1. The van der Waals surface area contributed by atoms with Crippen molar-refractivity contribution in [3.05, 3.63) is 66.1 Å². The fourth-order valence-electron chi connectivity index (χ4n) is 5.38. The number of likely N-dealkylation sites (tertiary alicyclic amines) is 1. The van der Waals surface area contributed by atoms with E-state index in [4.69, 9.17) is 4.52 Å². The molecule has 2 unspecified atom stereocenters. The molecule has 7 nitrogen and oxygen atoms in total. The second kappa shape index (κ2) is 11.2. The first-order valence-corrected chi connectivity index (χ1v) is 13.3. The van der Waals surface area contributed by atoms with Crippen LogP contribution in [0.4, 0.5) is 5.69 Å². The zero-order valence-electron chi connectivity index (χ0n) is 21.4. The number of benzene rings is 2. The van der Waals surface area contributed by atoms with Crippen LogP contribution in [-0.4, -0.2) is 47.1 Å². The molecular formula is C29H37N5O2. The zero-order chi connectivity index (χ0) is 24.9. The van der Waals surface area contributed by atoms with Crippen LogP contribution < -0.4 is 10.2 Å². The summed E-state index contributed by atoms with van der Waals surface area (Å²) in [6, 6.07) is 18.6. The van der Waals surface area contributed by atoms with Gasteiger partial charge in [-0.3, -0.25) is 9.69 Å². The summed E-state index contributed by atoms with van der Waals surface area (Å²) in [6.45, 7) is 8.98. The summed E-state index contributed by atoms with van der Waals surface area (Å²) in [5.74, 6) is 2.18. The first-order valence-electron chi connectivity index (χ1n) is 13.3. The van der Waals surface area contributed by atoms with Crippen LogP contribution in [0, 0.1) is 11.8 Å². The third-order valence-corrected chi connectivity index (χ3v) is 7.59. The van der Waals surface area contributed by atoms with Gasteiger partial charge >= 0.3 is 0 Å². The summed E-state index contributed by atoms with van der Waals surface area (Å²) in [5, 5.41) is 7.36. The summed E-state index contributed by atoms with van der Waals surface area (Å²) >= 11 is 0. The Morgan fingerprint density at radius 2 is 1.81 bits per heavy atom. The van der Waals surface area contributed by atoms with Crippen LogP contribution in [0.2, 0.25) is 0 Å². The third kappa shape index (κ3) is 5.95. The highest BCUT2D eigenvalue weighted by Crippen LogP contribution is 2.26. The molecule has 0 radical (unpaired) electrons. The smallest absolute Gasteiger partial charge is 0.241 e. The largest absolute Gasteiger partial charge is 0.371 e. The van der Waals surface area contributed by atoms with Crippen LogP contribution in [0.25, 0.3) is 11.4 Å². The molecule has 2 saturated heterocycles. The van der Waals surface area contributed by atoms with Crippen LogP contribution >= 0.6 is 0 Å². The van der Waals surface area contributed by atoms with Crippen molar-refractivity contribution in [1.29, 1.82) is 0 Å². The molecule has 36 heavy (non-hydrogen) atoms. The second-order valence-electron chi connectivity index (χ2n) is 10.4. The topological polar surface area (TPSA) is 74.5 Å². The highest BCUT2D eigenvalue weighted by molar-refractivity contribution is 5.79. The zero-order valence-corrected chi connectivity index (χ0v) is 21.4. The van der Waals surface area contributed by atoms with Gasteiger partial charge in [-0.15, -0.1) is 0 Å². The molecule has 2 aromatic carbocycles. The maximum absolute atomic E-state index is 13.0. The van der Waals surface area contributed by atoms with Crippen LogP contribution in [0.3, 0.4) is 0 Å². The normalized spacial score (nSPS) is 20.3. The van der Waals surface area contributed by atoms with Crippen molar-refractivity contribution in [3.63, 3.8) is 0 Å². The molecule has 2 aliphatic rings. The van der Waals surface area contributed by atoms with Crippen molar-refractivity contribution >= 4 is 11.6 Å². The van der Waals surface area contributed by atoms with Gasteiger partial charge in [0.15, 0.2) is 0 Å². The van der Waals surface area contributed by atoms with E-state index in [-0.39, 0.29) is 17.9 Å². The average Bonchev–Trinajstić information content (AvgIpc) is 3.38. The number of amides is 1. The van der Waals surface area contributed by atoms with Crippen molar-refractivity contribution in [2.24, 2.45) is 11.8 Å². The van der Waals surface area contributed by atoms with Gasteiger partial charge in [-0.1, -0.05) is 54.5 Å². The Morgan fingerprint density at radius 3 is 2.53 bits per heavy atom. The minimum absolute atomic E-state index is 0.000315. The molecule has 0 spiro atoms. The molecule has 0 saturated carbocycles. The molecule has 3 heterocycles. The lowest BCUT2D eigenvalue weighted by Gasteiger charge is -2.33. The molecule has 0 aliphatic carbocycles. The van der Waals surface area contributed by atoms with E-state index >= 15 is 0 Å². The summed E-state index contributed by atoms with van der Waals surface area (Å²) in [4.78, 5) is 22.3. The lowest BCUT2D eigenvalue weighted by atomic mass is 9.95. The van der Waals surface area contributed by atoms with Crippen LogP contribution in [0.1, 0.15) is 57.0 Å². The fourth-order valence-corrected chi connectivity index (χ4v) is 5.38. The van der Waals surface area contributed by atoms with Gasteiger partial charge in [-0.2, -0.15) is 4.98 Å². The number of hydrogen-bond acceptors (Lipinski definition) is 6. The predicted molar refractivity (Wildman–Crippen MR) is 141 cm³/mol. The Hall–Kier alpha value is -3.19. The van der Waals surface area contributed by atoms with E-state index in [1.165, 1.54) is 18.5 Å². The number of nitrogens with one attached hydrogen (secondary N) is 1. The molecule has 5 rings (SSSR count). The summed E-state index contributed by atoms with van der Waals surface area (Å²) in [5.41, 5.74) is 3.39. The Kier molecular flexibility index (Phi) is 7.66. The minimum atomic E-state index is -0.000315. The van der Waals surface area contributed by atoms with Gasteiger partial charge < -0.3 is 14.7 Å². The standard InChI is InChI=1S/C29H37N5O2/c1-21-7-6-16-34(19-21)26-12-10-23(11-13-26)22(2)30-29(35)25-14-17-33(18-15-25)20-27-31-28(32-36-27)24-8-4-3-5-9-24/h3-5,8-13,21-22,25H,6-7,14-20H2,1-2H3,(H,30,35). The molecular weight excluding hydrogens is 450 g/mol. The molecule has 1 amide bonds. The van der Waals surface area contributed by atoms with Gasteiger partial charge in [0.05, 0.1) is 12.6 Å². The summed E-state index contributed by atoms with van der Waals surface area (Å²) in [7, 11) is 0. The molecule has 2 fully saturated rings. The Morgan fingerprint density at radius 1 is 1.06 bits per heavy atom. The van der Waals surface area contributed by atoms with Crippen LogP contribution in [-0.2, 0) is 11.3 Å². The molecule has 1 N–H and O–H groups in total. The van der Waals surface area contributed by atoms with Crippen molar-refractivity contribution in [2.45, 2.75) is 52.1 Å². The predicted octanol–water partition coefficient (Wildman–Crippen LogP) is 5.06. The molecule has 7 heteroatoms. The summed E-state index contributed by atoms with van der Waals surface area (Å²) < 4.78 is 5.46. The fraction of sp³-hybridized carbons (Fsp3) is 0.483. The van der Waals surface area contributed by atoms with E-state index in [9.17, 15) is 4.79 Å². The van der Waals surface area contributed by atoms with E-state index in [1.807, 2.05) is 30.3 Å². The van der Waals surface area contributed by atoms with Crippen LogP contribution in [0.15, 0.2) is 59.1 Å². The number of hydrogen-bond donors (Lipinski definition) is 1. The lowest BCUT2D eigenvalue weighted by Crippen LogP contribution is -2.41. The van der Waals surface area contributed by atoms with Gasteiger partial charge in [-0.25, -0.2) is 0 Å². The summed E-state index contributed by atoms with van der Waals surface area (Å²) in [6.07, 6.45) is 4.26. The molecule has 2 atom stereocenters. The molecule has 0 bridgehead atoms. The maximum atomic E-state index is 13.0. The van der Waals surface area contributed by atoms with Gasteiger partial charge in [0.1, 0.15) is 0 Å². The van der Waals surface area contributed by atoms with Gasteiger partial charge in [0, 0.05) is 30.3 Å². The number of rotatable bonds is 7. The Balaban J connectivity index is 1.08. The monoisotopic (exact) mass is 487 g/mol. The van der Waals surface area contributed by atoms with E-state index < -0.39 is 0 Å². The first-order chi connectivity index (χ1) is 17.5.